The number of hydrogen-bond donors (Lipinski definition) is 1. The van der Waals surface area contributed by atoms with Crippen LogP contribution in [0.25, 0.3) is 0 Å². The lowest BCUT2D eigenvalue weighted by atomic mass is 10.0. The normalized spacial score (nSPS) is 11.8. The molecular formula is C15H19NO2S2. The lowest BCUT2D eigenvalue weighted by molar-refractivity contribution is 0.580. The van der Waals surface area contributed by atoms with E-state index in [9.17, 15) is 8.42 Å². The third-order valence-electron chi connectivity index (χ3n) is 3.61. The van der Waals surface area contributed by atoms with E-state index in [1.807, 2.05) is 50.6 Å². The number of aryl methyl sites for hydroxylation is 2. The lowest BCUT2D eigenvalue weighted by Gasteiger charge is -2.16. The summed E-state index contributed by atoms with van der Waals surface area (Å²) in [5, 5.41) is 3.89. The number of benzene rings is 1. The van der Waals surface area contributed by atoms with Gasteiger partial charge in [0.05, 0.1) is 4.90 Å². The molecular weight excluding hydrogens is 290 g/mol. The summed E-state index contributed by atoms with van der Waals surface area (Å²) in [6.45, 7) is 7.94. The summed E-state index contributed by atoms with van der Waals surface area (Å²) in [4.78, 5) is 0.422. The van der Waals surface area contributed by atoms with Crippen LogP contribution in [0, 0.1) is 27.7 Å². The van der Waals surface area contributed by atoms with Gasteiger partial charge in [-0.05, 0) is 72.3 Å². The molecule has 0 fully saturated rings. The van der Waals surface area contributed by atoms with Gasteiger partial charge in [0.15, 0.2) is 0 Å². The third-order valence-corrected chi connectivity index (χ3v) is 6.02. The number of sulfonamides is 1. The van der Waals surface area contributed by atoms with E-state index in [2.05, 4.69) is 4.72 Å². The highest BCUT2D eigenvalue weighted by Crippen LogP contribution is 2.26. The van der Waals surface area contributed by atoms with Gasteiger partial charge in [0.1, 0.15) is 0 Å². The van der Waals surface area contributed by atoms with Gasteiger partial charge in [-0.25, -0.2) is 13.1 Å². The highest BCUT2D eigenvalue weighted by atomic mass is 32.2. The largest absolute Gasteiger partial charge is 0.241 e. The first-order chi connectivity index (χ1) is 9.33. The molecule has 1 N–H and O–H groups in total. The molecule has 1 aromatic carbocycles. The van der Waals surface area contributed by atoms with Crippen molar-refractivity contribution in [3.63, 3.8) is 0 Å². The van der Waals surface area contributed by atoms with E-state index in [1.54, 1.807) is 11.3 Å². The molecule has 1 heterocycles. The van der Waals surface area contributed by atoms with Gasteiger partial charge in [-0.1, -0.05) is 6.07 Å². The highest BCUT2D eigenvalue weighted by Gasteiger charge is 2.21. The van der Waals surface area contributed by atoms with Gasteiger partial charge in [-0.15, -0.1) is 0 Å². The van der Waals surface area contributed by atoms with Crippen LogP contribution in [0.2, 0.25) is 0 Å². The van der Waals surface area contributed by atoms with E-state index in [0.29, 0.717) is 11.4 Å². The Hall–Kier alpha value is -1.17. The first-order valence-corrected chi connectivity index (χ1v) is 8.83. The molecule has 0 spiro atoms. The minimum atomic E-state index is -3.49. The third kappa shape index (κ3) is 2.95. The van der Waals surface area contributed by atoms with E-state index in [4.69, 9.17) is 0 Å². The molecule has 20 heavy (non-hydrogen) atoms. The lowest BCUT2D eigenvalue weighted by Crippen LogP contribution is -2.25. The first-order valence-electron chi connectivity index (χ1n) is 6.41. The van der Waals surface area contributed by atoms with Crippen LogP contribution in [-0.2, 0) is 16.6 Å². The van der Waals surface area contributed by atoms with E-state index in [1.165, 1.54) is 0 Å². The molecule has 1 aromatic heterocycles. The summed E-state index contributed by atoms with van der Waals surface area (Å²) in [5.74, 6) is 0. The van der Waals surface area contributed by atoms with Crippen LogP contribution >= 0.6 is 11.3 Å². The zero-order valence-electron chi connectivity index (χ0n) is 12.1. The molecule has 3 nitrogen and oxygen atoms in total. The van der Waals surface area contributed by atoms with Crippen LogP contribution in [0.5, 0.6) is 0 Å². The molecule has 0 amide bonds. The van der Waals surface area contributed by atoms with E-state index >= 15 is 0 Å². The van der Waals surface area contributed by atoms with Crippen molar-refractivity contribution < 1.29 is 8.42 Å². The summed E-state index contributed by atoms with van der Waals surface area (Å²) in [7, 11) is -3.49. The maximum Gasteiger partial charge on any atom is 0.241 e. The van der Waals surface area contributed by atoms with E-state index in [0.717, 1.165) is 27.8 Å². The number of hydrogen-bond acceptors (Lipinski definition) is 3. The molecule has 0 saturated carbocycles. The molecule has 0 bridgehead atoms. The second-order valence-corrected chi connectivity index (χ2v) is 7.53. The fraction of sp³-hybridized carbons (Fsp3) is 0.333. The molecule has 0 aliphatic rings. The average Bonchev–Trinajstić information content (AvgIpc) is 2.87. The van der Waals surface area contributed by atoms with Gasteiger partial charge < -0.3 is 0 Å². The molecule has 0 aliphatic carbocycles. The SMILES string of the molecule is Cc1cc(C)c(C)c(S(=O)(=O)NCc2ccsc2)c1C. The molecule has 0 aliphatic heterocycles. The number of rotatable bonds is 4. The Balaban J connectivity index is 2.39. The van der Waals surface area contributed by atoms with Gasteiger partial charge in [0, 0.05) is 6.54 Å². The maximum atomic E-state index is 12.6. The summed E-state index contributed by atoms with van der Waals surface area (Å²) in [5.41, 5.74) is 4.64. The van der Waals surface area contributed by atoms with Crippen molar-refractivity contribution in [3.8, 4) is 0 Å². The van der Waals surface area contributed by atoms with E-state index in [-0.39, 0.29) is 0 Å². The Bertz CT molecular complexity index is 691. The van der Waals surface area contributed by atoms with Gasteiger partial charge >= 0.3 is 0 Å². The smallest absolute Gasteiger partial charge is 0.207 e. The van der Waals surface area contributed by atoms with Crippen molar-refractivity contribution in [2.45, 2.75) is 39.1 Å². The molecule has 5 heteroatoms. The zero-order chi connectivity index (χ0) is 14.9. The quantitative estimate of drug-likeness (QED) is 0.940. The molecule has 0 unspecified atom stereocenters. The molecule has 0 atom stereocenters. The van der Waals surface area contributed by atoms with Crippen LogP contribution in [-0.4, -0.2) is 8.42 Å². The minimum Gasteiger partial charge on any atom is -0.207 e. The Morgan fingerprint density at radius 1 is 1.10 bits per heavy atom. The second kappa shape index (κ2) is 5.68. The molecule has 0 saturated heterocycles. The minimum absolute atomic E-state index is 0.331. The summed E-state index contributed by atoms with van der Waals surface area (Å²) in [6.07, 6.45) is 0. The Kier molecular flexibility index (Phi) is 4.32. The summed E-state index contributed by atoms with van der Waals surface area (Å²) in [6, 6.07) is 3.96. The average molecular weight is 309 g/mol. The molecule has 2 rings (SSSR count). The van der Waals surface area contributed by atoms with E-state index < -0.39 is 10.0 Å². The van der Waals surface area contributed by atoms with Crippen molar-refractivity contribution in [2.75, 3.05) is 0 Å². The fourth-order valence-electron chi connectivity index (χ4n) is 2.23. The van der Waals surface area contributed by atoms with Crippen LogP contribution in [0.1, 0.15) is 27.8 Å². The Morgan fingerprint density at radius 3 is 2.20 bits per heavy atom. The topological polar surface area (TPSA) is 46.2 Å². The Morgan fingerprint density at radius 2 is 1.70 bits per heavy atom. The molecule has 0 radical (unpaired) electrons. The van der Waals surface area contributed by atoms with Gasteiger partial charge in [-0.2, -0.15) is 11.3 Å². The predicted molar refractivity (Wildman–Crippen MR) is 83.7 cm³/mol. The van der Waals surface area contributed by atoms with Crippen LogP contribution < -0.4 is 4.72 Å². The first kappa shape index (κ1) is 15.2. The van der Waals surface area contributed by atoms with Crippen LogP contribution in [0.15, 0.2) is 27.8 Å². The van der Waals surface area contributed by atoms with Gasteiger partial charge in [0.2, 0.25) is 10.0 Å². The van der Waals surface area contributed by atoms with Gasteiger partial charge in [0.25, 0.3) is 0 Å². The maximum absolute atomic E-state index is 12.6. The van der Waals surface area contributed by atoms with Crippen molar-refractivity contribution in [1.82, 2.24) is 4.72 Å². The fourth-order valence-corrected chi connectivity index (χ4v) is 4.53. The summed E-state index contributed by atoms with van der Waals surface area (Å²) < 4.78 is 27.8. The van der Waals surface area contributed by atoms with Crippen LogP contribution in [0.4, 0.5) is 0 Å². The van der Waals surface area contributed by atoms with Crippen molar-refractivity contribution >= 4 is 21.4 Å². The molecule has 108 valence electrons. The predicted octanol–water partition coefficient (Wildman–Crippen LogP) is 3.46. The molecule has 2 aromatic rings. The zero-order valence-corrected chi connectivity index (χ0v) is 13.8. The Labute approximate surface area is 124 Å². The second-order valence-electron chi connectivity index (χ2n) is 5.05. The highest BCUT2D eigenvalue weighted by molar-refractivity contribution is 7.89. The van der Waals surface area contributed by atoms with Crippen molar-refractivity contribution in [1.29, 1.82) is 0 Å². The van der Waals surface area contributed by atoms with Gasteiger partial charge in [-0.3, -0.25) is 0 Å². The monoisotopic (exact) mass is 309 g/mol. The standard InChI is InChI=1S/C15H19NO2S2/c1-10-7-11(2)13(4)15(12(10)3)20(17,18)16-8-14-5-6-19-9-14/h5-7,9,16H,8H2,1-4H3. The summed E-state index contributed by atoms with van der Waals surface area (Å²) >= 11 is 1.56. The number of thiophene rings is 1. The van der Waals surface area contributed by atoms with Crippen LogP contribution in [0.3, 0.4) is 0 Å². The van der Waals surface area contributed by atoms with Crippen molar-refractivity contribution in [3.05, 3.63) is 50.7 Å². The van der Waals surface area contributed by atoms with Crippen molar-refractivity contribution in [2.24, 2.45) is 0 Å². The number of nitrogens with one attached hydrogen (secondary N) is 1.